The zero-order chi connectivity index (χ0) is 27.2. The Morgan fingerprint density at radius 1 is 0.462 bits per heavy atom. The highest BCUT2D eigenvalue weighted by atomic mass is 28.4. The lowest BCUT2D eigenvalue weighted by Crippen LogP contribution is -2.75. The topological polar surface area (TPSA) is 9.23 Å². The van der Waals surface area contributed by atoms with E-state index in [0.717, 1.165) is 12.1 Å². The predicted octanol–water partition coefficient (Wildman–Crippen LogP) is 7.20. The fourth-order valence-electron chi connectivity index (χ4n) is 6.43. The van der Waals surface area contributed by atoms with Crippen LogP contribution in [0.15, 0.2) is 152 Å². The molecule has 0 atom stereocenters. The minimum absolute atomic E-state index is 0.254. The Kier molecular flexibility index (Phi) is 8.13. The van der Waals surface area contributed by atoms with Crippen LogP contribution in [-0.4, -0.2) is 16.6 Å². The lowest BCUT2D eigenvalue weighted by Gasteiger charge is -2.52. The summed E-state index contributed by atoms with van der Waals surface area (Å²) in [5.74, 6) is 0. The summed E-state index contributed by atoms with van der Waals surface area (Å²) in [6, 6.07) is 57.3. The minimum atomic E-state index is -2.92. The third-order valence-electron chi connectivity index (χ3n) is 8.65. The molecule has 0 radical (unpaired) electrons. The summed E-state index contributed by atoms with van der Waals surface area (Å²) in [7, 11) is -5.52. The molecule has 0 unspecified atom stereocenters. The summed E-state index contributed by atoms with van der Waals surface area (Å²) in [5, 5.41) is 3.63. The number of rotatable bonds is 10. The summed E-state index contributed by atoms with van der Waals surface area (Å²) in [6.07, 6.45) is 0. The van der Waals surface area contributed by atoms with Gasteiger partial charge in [-0.05, 0) is 38.8 Å². The highest BCUT2D eigenvalue weighted by Gasteiger charge is 2.57. The molecule has 0 bridgehead atoms. The Morgan fingerprint density at radius 3 is 1.03 bits per heavy atom. The van der Waals surface area contributed by atoms with Gasteiger partial charge in [-0.2, -0.15) is 0 Å². The van der Waals surface area contributed by atoms with Gasteiger partial charge in [-0.1, -0.05) is 172 Å². The molecule has 5 rings (SSSR count). The number of hydrogen-bond acceptors (Lipinski definition) is 1. The van der Waals surface area contributed by atoms with E-state index in [-0.39, 0.29) is 5.04 Å². The highest BCUT2D eigenvalue weighted by Crippen LogP contribution is 2.46. The normalized spacial score (nSPS) is 12.3. The van der Waals surface area contributed by atoms with E-state index in [0.29, 0.717) is 0 Å². The van der Waals surface area contributed by atoms with Gasteiger partial charge < -0.3 is 4.12 Å². The van der Waals surface area contributed by atoms with Crippen molar-refractivity contribution < 1.29 is 4.12 Å². The maximum atomic E-state index is 8.23. The van der Waals surface area contributed by atoms with Crippen LogP contribution in [0.2, 0.25) is 12.1 Å². The lowest BCUT2D eigenvalue weighted by atomic mass is 9.92. The van der Waals surface area contributed by atoms with Crippen LogP contribution in [0, 0.1) is 0 Å². The first-order valence-electron chi connectivity index (χ1n) is 14.1. The van der Waals surface area contributed by atoms with Crippen LogP contribution in [0.4, 0.5) is 0 Å². The van der Waals surface area contributed by atoms with Gasteiger partial charge in [-0.15, -0.1) is 0 Å². The lowest BCUT2D eigenvalue weighted by molar-refractivity contribution is 0.495. The molecule has 0 N–H and O–H groups in total. The molecule has 0 heterocycles. The van der Waals surface area contributed by atoms with Crippen LogP contribution in [0.5, 0.6) is 0 Å². The SMILES string of the molecule is CC[Si](CC)(O[Si](c1ccccc1)(c1ccccc1)c1ccccc1)C(C)(c1ccccc1)c1ccccc1. The molecule has 3 heteroatoms. The predicted molar refractivity (Wildman–Crippen MR) is 171 cm³/mol. The van der Waals surface area contributed by atoms with Gasteiger partial charge >= 0.3 is 0 Å². The van der Waals surface area contributed by atoms with Crippen LogP contribution in [0.1, 0.15) is 31.9 Å². The Morgan fingerprint density at radius 2 is 0.744 bits per heavy atom. The van der Waals surface area contributed by atoms with E-state index >= 15 is 0 Å². The molecule has 0 aromatic heterocycles. The van der Waals surface area contributed by atoms with E-state index in [1.165, 1.54) is 26.7 Å². The van der Waals surface area contributed by atoms with E-state index in [1.807, 2.05) is 0 Å². The van der Waals surface area contributed by atoms with Gasteiger partial charge in [0, 0.05) is 5.04 Å². The van der Waals surface area contributed by atoms with Crippen LogP contribution in [0.3, 0.4) is 0 Å². The van der Waals surface area contributed by atoms with Crippen molar-refractivity contribution in [2.45, 2.75) is 37.9 Å². The van der Waals surface area contributed by atoms with Crippen LogP contribution < -0.4 is 15.6 Å². The van der Waals surface area contributed by atoms with E-state index in [9.17, 15) is 0 Å². The molecule has 0 saturated heterocycles. The van der Waals surface area contributed by atoms with Crippen LogP contribution in [-0.2, 0) is 9.15 Å². The molecular weight excluding hydrogens is 505 g/mol. The molecule has 0 fully saturated rings. The fraction of sp³-hybridized carbons (Fsp3) is 0.167. The quantitative estimate of drug-likeness (QED) is 0.134. The monoisotopic (exact) mass is 542 g/mol. The van der Waals surface area contributed by atoms with Gasteiger partial charge in [0.05, 0.1) is 0 Å². The second-order valence-corrected chi connectivity index (χ2v) is 18.8. The van der Waals surface area contributed by atoms with Crippen molar-refractivity contribution >= 4 is 32.2 Å². The molecule has 1 nitrogen and oxygen atoms in total. The van der Waals surface area contributed by atoms with Crippen molar-refractivity contribution in [1.82, 2.24) is 0 Å². The Labute approximate surface area is 236 Å². The zero-order valence-electron chi connectivity index (χ0n) is 23.3. The summed E-state index contributed by atoms with van der Waals surface area (Å²) in [4.78, 5) is 0. The van der Waals surface area contributed by atoms with Gasteiger partial charge in [0.1, 0.15) is 0 Å². The van der Waals surface area contributed by atoms with Gasteiger partial charge in [-0.25, -0.2) is 0 Å². The van der Waals surface area contributed by atoms with Gasteiger partial charge in [0.15, 0.2) is 8.32 Å². The molecular formula is C36H38OSi2. The largest absolute Gasteiger partial charge is 0.444 e. The van der Waals surface area contributed by atoms with E-state index in [4.69, 9.17) is 4.12 Å². The van der Waals surface area contributed by atoms with Crippen molar-refractivity contribution in [1.29, 1.82) is 0 Å². The van der Waals surface area contributed by atoms with Gasteiger partial charge in [0.2, 0.25) is 0 Å². The molecule has 0 aliphatic rings. The third kappa shape index (κ3) is 4.76. The summed E-state index contributed by atoms with van der Waals surface area (Å²) < 4.78 is 8.23. The van der Waals surface area contributed by atoms with Crippen molar-refractivity contribution in [3.8, 4) is 0 Å². The van der Waals surface area contributed by atoms with E-state index in [2.05, 4.69) is 172 Å². The molecule has 0 aliphatic heterocycles. The first-order chi connectivity index (χ1) is 19.1. The van der Waals surface area contributed by atoms with Crippen molar-refractivity contribution in [3.05, 3.63) is 163 Å². The summed E-state index contributed by atoms with van der Waals surface area (Å²) in [6.45, 7) is 7.18. The molecule has 0 spiro atoms. The Balaban J connectivity index is 1.86. The van der Waals surface area contributed by atoms with Crippen molar-refractivity contribution in [2.75, 3.05) is 0 Å². The van der Waals surface area contributed by atoms with Gasteiger partial charge in [0.25, 0.3) is 8.32 Å². The maximum Gasteiger partial charge on any atom is 0.278 e. The first kappa shape index (κ1) is 27.1. The molecule has 5 aromatic rings. The van der Waals surface area contributed by atoms with Crippen LogP contribution in [0.25, 0.3) is 0 Å². The van der Waals surface area contributed by atoms with Crippen molar-refractivity contribution in [2.24, 2.45) is 0 Å². The molecule has 0 amide bonds. The van der Waals surface area contributed by atoms with Crippen molar-refractivity contribution in [3.63, 3.8) is 0 Å². The second-order valence-electron chi connectivity index (χ2n) is 10.4. The molecule has 39 heavy (non-hydrogen) atoms. The number of hydrogen-bond donors (Lipinski definition) is 0. The van der Waals surface area contributed by atoms with E-state index in [1.54, 1.807) is 0 Å². The van der Waals surface area contributed by atoms with E-state index < -0.39 is 16.6 Å². The minimum Gasteiger partial charge on any atom is -0.444 e. The summed E-state index contributed by atoms with van der Waals surface area (Å²) in [5.41, 5.74) is 2.67. The Bertz CT molecular complexity index is 1300. The third-order valence-corrected chi connectivity index (χ3v) is 19.6. The maximum absolute atomic E-state index is 8.23. The summed E-state index contributed by atoms with van der Waals surface area (Å²) >= 11 is 0. The molecule has 0 aliphatic carbocycles. The fourth-order valence-corrected chi connectivity index (χ4v) is 18.4. The van der Waals surface area contributed by atoms with Crippen LogP contribution >= 0.6 is 0 Å². The molecule has 0 saturated carbocycles. The average molecular weight is 543 g/mol. The Hall–Kier alpha value is -3.51. The number of benzene rings is 5. The average Bonchev–Trinajstić information content (AvgIpc) is 3.04. The highest BCUT2D eigenvalue weighted by molar-refractivity contribution is 7.11. The standard InChI is InChI=1S/C36H38OSi2/c1-4-38(5-2,36(3,31-21-11-6-12-22-31)32-23-13-7-14-24-32)37-39(33-25-15-8-16-26-33,34-27-17-9-18-28-34)35-29-19-10-20-30-35/h6-30H,4-5H2,1-3H3. The van der Waals surface area contributed by atoms with Gasteiger partial charge in [-0.3, -0.25) is 0 Å². The zero-order valence-corrected chi connectivity index (χ0v) is 25.3. The first-order valence-corrected chi connectivity index (χ1v) is 18.3. The smallest absolute Gasteiger partial charge is 0.278 e. The molecule has 5 aromatic carbocycles. The molecule has 196 valence electrons. The second kappa shape index (κ2) is 11.7.